The van der Waals surface area contributed by atoms with E-state index < -0.39 is 0 Å². The molecule has 2 aromatic heterocycles. The average Bonchev–Trinajstić information content (AvgIpc) is 3.11. The van der Waals surface area contributed by atoms with Crippen LogP contribution in [0, 0.1) is 0 Å². The van der Waals surface area contributed by atoms with Crippen molar-refractivity contribution in [3.05, 3.63) is 164 Å². The number of hydrogen-bond acceptors (Lipinski definition) is 3. The third-order valence-electron chi connectivity index (χ3n) is 7.93. The zero-order chi connectivity index (χ0) is 29.9. The molecule has 0 fully saturated rings. The highest BCUT2D eigenvalue weighted by atomic mass is 14.9. The van der Waals surface area contributed by atoms with E-state index in [1.165, 1.54) is 0 Å². The average molecular weight is 564 g/mol. The second kappa shape index (κ2) is 11.7. The summed E-state index contributed by atoms with van der Waals surface area (Å²) in [4.78, 5) is 14.7. The van der Waals surface area contributed by atoms with E-state index in [4.69, 9.17) is 9.97 Å². The Morgan fingerprint density at radius 1 is 0.477 bits per heavy atom. The Labute approximate surface area is 257 Å². The Bertz CT molecular complexity index is 2050. The van der Waals surface area contributed by atoms with Crippen LogP contribution >= 0.6 is 0 Å². The number of aromatic nitrogens is 3. The van der Waals surface area contributed by atoms with Gasteiger partial charge in [-0.2, -0.15) is 0 Å². The smallest absolute Gasteiger partial charge is 0.161 e. The Morgan fingerprint density at radius 2 is 1.07 bits per heavy atom. The fourth-order valence-electron chi connectivity index (χ4n) is 5.76. The summed E-state index contributed by atoms with van der Waals surface area (Å²) in [7, 11) is 0. The minimum atomic E-state index is 0.637. The SMILES string of the molecule is C=Cc1c(-c2nc(-c3cccc(-c4ccccc4)c3)cc(-c3cccc(-c4cccnc4)c3)n2)cc2ccccc2c1C=C. The van der Waals surface area contributed by atoms with E-state index in [1.54, 1.807) is 6.20 Å². The van der Waals surface area contributed by atoms with Crippen LogP contribution in [0.1, 0.15) is 11.1 Å². The van der Waals surface area contributed by atoms with Gasteiger partial charge < -0.3 is 0 Å². The van der Waals surface area contributed by atoms with E-state index in [0.29, 0.717) is 5.82 Å². The molecule has 0 aliphatic carbocycles. The summed E-state index contributed by atoms with van der Waals surface area (Å²) in [5, 5.41) is 2.22. The normalized spacial score (nSPS) is 10.9. The summed E-state index contributed by atoms with van der Waals surface area (Å²) in [5.74, 6) is 0.637. The highest BCUT2D eigenvalue weighted by Crippen LogP contribution is 2.36. The molecule has 0 radical (unpaired) electrons. The van der Waals surface area contributed by atoms with Gasteiger partial charge in [-0.15, -0.1) is 0 Å². The van der Waals surface area contributed by atoms with Gasteiger partial charge in [0.15, 0.2) is 5.82 Å². The second-order valence-electron chi connectivity index (χ2n) is 10.6. The monoisotopic (exact) mass is 563 g/mol. The van der Waals surface area contributed by atoms with E-state index in [0.717, 1.165) is 72.2 Å². The molecule has 7 aromatic rings. The van der Waals surface area contributed by atoms with Crippen molar-refractivity contribution in [1.82, 2.24) is 15.0 Å². The number of rotatable bonds is 7. The third-order valence-corrected chi connectivity index (χ3v) is 7.93. The first-order valence-electron chi connectivity index (χ1n) is 14.6. The van der Waals surface area contributed by atoms with E-state index in [1.807, 2.05) is 42.6 Å². The molecule has 0 spiro atoms. The molecule has 0 aliphatic rings. The van der Waals surface area contributed by atoms with Gasteiger partial charge in [-0.25, -0.2) is 9.97 Å². The lowest BCUT2D eigenvalue weighted by molar-refractivity contribution is 1.18. The number of pyridine rings is 1. The minimum absolute atomic E-state index is 0.637. The standard InChI is InChI=1S/C41H29N3/c1-3-35-36(4-2)38(25-31-15-8-9-21-37(31)35)41-43-39(32-18-10-16-29(23-32)28-13-6-5-7-14-28)26-40(44-41)33-19-11-17-30(24-33)34-20-12-22-42-27-34/h3-27H,1-2H2. The zero-order valence-corrected chi connectivity index (χ0v) is 24.2. The van der Waals surface area contributed by atoms with Gasteiger partial charge in [-0.3, -0.25) is 4.98 Å². The Hall–Kier alpha value is -5.93. The van der Waals surface area contributed by atoms with E-state index >= 15 is 0 Å². The van der Waals surface area contributed by atoms with Crippen molar-refractivity contribution in [3.8, 4) is 56.2 Å². The lowest BCUT2D eigenvalue weighted by Crippen LogP contribution is -1.99. The predicted octanol–water partition coefficient (Wildman–Crippen LogP) is 10.6. The maximum Gasteiger partial charge on any atom is 0.161 e. The molecule has 3 heteroatoms. The summed E-state index contributed by atoms with van der Waals surface area (Å²) < 4.78 is 0. The van der Waals surface area contributed by atoms with Crippen LogP contribution in [0.15, 0.2) is 153 Å². The highest BCUT2D eigenvalue weighted by molar-refractivity contribution is 5.99. The summed E-state index contributed by atoms with van der Waals surface area (Å²) in [5.41, 5.74) is 11.0. The first kappa shape index (κ1) is 26.9. The summed E-state index contributed by atoms with van der Waals surface area (Å²) in [6.07, 6.45) is 7.45. The third kappa shape index (κ3) is 5.12. The fourth-order valence-corrected chi connectivity index (χ4v) is 5.76. The topological polar surface area (TPSA) is 38.7 Å². The maximum absolute atomic E-state index is 5.20. The van der Waals surface area contributed by atoms with Gasteiger partial charge in [0.05, 0.1) is 11.4 Å². The molecule has 0 atom stereocenters. The Balaban J connectivity index is 1.47. The molecule has 0 saturated carbocycles. The molecule has 2 heterocycles. The van der Waals surface area contributed by atoms with E-state index in [9.17, 15) is 0 Å². The van der Waals surface area contributed by atoms with Crippen LogP contribution in [-0.4, -0.2) is 15.0 Å². The van der Waals surface area contributed by atoms with Crippen LogP contribution in [0.5, 0.6) is 0 Å². The summed E-state index contributed by atoms with van der Waals surface area (Å²) in [6.45, 7) is 8.31. The highest BCUT2D eigenvalue weighted by Gasteiger charge is 2.17. The first-order chi connectivity index (χ1) is 21.7. The molecule has 208 valence electrons. The van der Waals surface area contributed by atoms with Crippen LogP contribution in [-0.2, 0) is 0 Å². The number of fused-ring (bicyclic) bond motifs is 1. The van der Waals surface area contributed by atoms with Crippen molar-refractivity contribution in [2.24, 2.45) is 0 Å². The van der Waals surface area contributed by atoms with Gasteiger partial charge in [0, 0.05) is 34.6 Å². The Kier molecular flexibility index (Phi) is 7.19. The number of nitrogens with zero attached hydrogens (tertiary/aromatic N) is 3. The first-order valence-corrected chi connectivity index (χ1v) is 14.6. The van der Waals surface area contributed by atoms with Crippen molar-refractivity contribution in [2.75, 3.05) is 0 Å². The number of hydrogen-bond donors (Lipinski definition) is 0. The van der Waals surface area contributed by atoms with Crippen LogP contribution in [0.2, 0.25) is 0 Å². The maximum atomic E-state index is 5.20. The molecule has 0 N–H and O–H groups in total. The molecule has 5 aromatic carbocycles. The van der Waals surface area contributed by atoms with Gasteiger partial charge in [0.2, 0.25) is 0 Å². The zero-order valence-electron chi connectivity index (χ0n) is 24.2. The van der Waals surface area contributed by atoms with Crippen molar-refractivity contribution in [3.63, 3.8) is 0 Å². The van der Waals surface area contributed by atoms with Crippen LogP contribution in [0.4, 0.5) is 0 Å². The molecular formula is C41H29N3. The van der Waals surface area contributed by atoms with Gasteiger partial charge >= 0.3 is 0 Å². The van der Waals surface area contributed by atoms with E-state index in [-0.39, 0.29) is 0 Å². The molecule has 7 rings (SSSR count). The summed E-state index contributed by atoms with van der Waals surface area (Å²) in [6, 6.07) is 44.0. The molecule has 0 aliphatic heterocycles. The second-order valence-corrected chi connectivity index (χ2v) is 10.6. The fraction of sp³-hybridized carbons (Fsp3) is 0. The van der Waals surface area contributed by atoms with Crippen molar-refractivity contribution >= 4 is 22.9 Å². The molecule has 0 unspecified atom stereocenters. The molecule has 3 nitrogen and oxygen atoms in total. The molecule has 0 bridgehead atoms. The van der Waals surface area contributed by atoms with Crippen molar-refractivity contribution < 1.29 is 0 Å². The van der Waals surface area contributed by atoms with Crippen LogP contribution in [0.25, 0.3) is 79.1 Å². The predicted molar refractivity (Wildman–Crippen MR) is 185 cm³/mol. The van der Waals surface area contributed by atoms with Crippen LogP contribution in [0.3, 0.4) is 0 Å². The summed E-state index contributed by atoms with van der Waals surface area (Å²) >= 11 is 0. The van der Waals surface area contributed by atoms with Gasteiger partial charge in [0.25, 0.3) is 0 Å². The quantitative estimate of drug-likeness (QED) is 0.194. The lowest BCUT2D eigenvalue weighted by Gasteiger charge is -2.15. The Morgan fingerprint density at radius 3 is 1.73 bits per heavy atom. The van der Waals surface area contributed by atoms with Gasteiger partial charge in [-0.05, 0) is 68.9 Å². The minimum Gasteiger partial charge on any atom is -0.264 e. The molecule has 0 saturated heterocycles. The van der Waals surface area contributed by atoms with Crippen molar-refractivity contribution in [1.29, 1.82) is 0 Å². The van der Waals surface area contributed by atoms with Crippen LogP contribution < -0.4 is 0 Å². The molecule has 44 heavy (non-hydrogen) atoms. The molecule has 0 amide bonds. The largest absolute Gasteiger partial charge is 0.264 e. The lowest BCUT2D eigenvalue weighted by atomic mass is 9.93. The van der Waals surface area contributed by atoms with E-state index in [2.05, 4.69) is 121 Å². The number of benzene rings is 5. The van der Waals surface area contributed by atoms with Gasteiger partial charge in [0.1, 0.15) is 0 Å². The molecular weight excluding hydrogens is 534 g/mol. The van der Waals surface area contributed by atoms with Crippen molar-refractivity contribution in [2.45, 2.75) is 0 Å². The van der Waals surface area contributed by atoms with Gasteiger partial charge in [-0.1, -0.05) is 122 Å².